The summed E-state index contributed by atoms with van der Waals surface area (Å²) >= 11 is 5.08. The Morgan fingerprint density at radius 2 is 2.19 bits per heavy atom. The van der Waals surface area contributed by atoms with Crippen LogP contribution in [0.15, 0.2) is 39.5 Å². The van der Waals surface area contributed by atoms with Gasteiger partial charge in [-0.15, -0.1) is 0 Å². The maximum atomic E-state index is 13.0. The molecule has 1 nitrogen and oxygen atoms in total. The van der Waals surface area contributed by atoms with E-state index in [-0.39, 0.29) is 5.82 Å². The van der Waals surface area contributed by atoms with Crippen molar-refractivity contribution in [2.24, 2.45) is 0 Å². The van der Waals surface area contributed by atoms with Crippen LogP contribution < -0.4 is 5.32 Å². The molecular weight excluding hydrogens is 289 g/mol. The molecule has 0 saturated heterocycles. The highest BCUT2D eigenvalue weighted by Gasteiger charge is 2.01. The number of hydrogen-bond donors (Lipinski definition) is 1. The third kappa shape index (κ3) is 3.06. The van der Waals surface area contributed by atoms with E-state index in [0.717, 1.165) is 23.1 Å². The minimum absolute atomic E-state index is 0.221. The zero-order valence-corrected chi connectivity index (χ0v) is 10.9. The molecular formula is C12H11BrFNS. The molecule has 0 saturated carbocycles. The fraction of sp³-hybridized carbons (Fsp3) is 0.167. The lowest BCUT2D eigenvalue weighted by molar-refractivity contribution is 0.628. The zero-order valence-electron chi connectivity index (χ0n) is 8.54. The SMILES string of the molecule is Fc1ccc(Br)c(NCCc2ccsc2)c1. The first-order chi connectivity index (χ1) is 7.75. The zero-order chi connectivity index (χ0) is 11.4. The Morgan fingerprint density at radius 3 is 2.94 bits per heavy atom. The maximum Gasteiger partial charge on any atom is 0.125 e. The van der Waals surface area contributed by atoms with E-state index in [2.05, 4.69) is 38.1 Å². The summed E-state index contributed by atoms with van der Waals surface area (Å²) in [6.45, 7) is 0.804. The summed E-state index contributed by atoms with van der Waals surface area (Å²) in [7, 11) is 0. The van der Waals surface area contributed by atoms with E-state index in [0.29, 0.717) is 0 Å². The Morgan fingerprint density at radius 1 is 1.31 bits per heavy atom. The van der Waals surface area contributed by atoms with Gasteiger partial charge < -0.3 is 5.32 Å². The molecule has 1 heterocycles. The Labute approximate surface area is 106 Å². The normalized spacial score (nSPS) is 10.4. The van der Waals surface area contributed by atoms with E-state index in [9.17, 15) is 4.39 Å². The van der Waals surface area contributed by atoms with Gasteiger partial charge in [0.25, 0.3) is 0 Å². The molecule has 1 aromatic heterocycles. The highest BCUT2D eigenvalue weighted by atomic mass is 79.9. The molecule has 0 aliphatic rings. The molecule has 2 aromatic rings. The van der Waals surface area contributed by atoms with Crippen molar-refractivity contribution in [2.45, 2.75) is 6.42 Å². The average molecular weight is 300 g/mol. The van der Waals surface area contributed by atoms with Crippen LogP contribution in [-0.4, -0.2) is 6.54 Å². The van der Waals surface area contributed by atoms with E-state index in [4.69, 9.17) is 0 Å². The van der Waals surface area contributed by atoms with Crippen molar-refractivity contribution in [1.29, 1.82) is 0 Å². The van der Waals surface area contributed by atoms with Crippen molar-refractivity contribution in [3.8, 4) is 0 Å². The first-order valence-electron chi connectivity index (χ1n) is 4.96. The molecule has 0 bridgehead atoms. The molecule has 2 rings (SSSR count). The summed E-state index contributed by atoms with van der Waals surface area (Å²) in [4.78, 5) is 0. The number of nitrogens with one attached hydrogen (secondary N) is 1. The minimum atomic E-state index is -0.221. The second-order valence-electron chi connectivity index (χ2n) is 3.43. The van der Waals surface area contributed by atoms with E-state index < -0.39 is 0 Å². The topological polar surface area (TPSA) is 12.0 Å². The lowest BCUT2D eigenvalue weighted by Gasteiger charge is -2.07. The van der Waals surface area contributed by atoms with Gasteiger partial charge in [-0.2, -0.15) is 11.3 Å². The van der Waals surface area contributed by atoms with E-state index in [1.807, 2.05) is 0 Å². The highest BCUT2D eigenvalue weighted by Crippen LogP contribution is 2.22. The van der Waals surface area contributed by atoms with Gasteiger partial charge in [0, 0.05) is 11.0 Å². The third-order valence-electron chi connectivity index (χ3n) is 2.24. The van der Waals surface area contributed by atoms with Gasteiger partial charge >= 0.3 is 0 Å². The van der Waals surface area contributed by atoms with E-state index >= 15 is 0 Å². The molecule has 84 valence electrons. The van der Waals surface area contributed by atoms with Crippen LogP contribution >= 0.6 is 27.3 Å². The van der Waals surface area contributed by atoms with Crippen LogP contribution in [0, 0.1) is 5.82 Å². The van der Waals surface area contributed by atoms with Crippen molar-refractivity contribution < 1.29 is 4.39 Å². The van der Waals surface area contributed by atoms with Crippen LogP contribution in [0.4, 0.5) is 10.1 Å². The molecule has 0 fully saturated rings. The average Bonchev–Trinajstić information content (AvgIpc) is 2.76. The van der Waals surface area contributed by atoms with Gasteiger partial charge in [0.2, 0.25) is 0 Å². The van der Waals surface area contributed by atoms with Crippen molar-refractivity contribution in [3.63, 3.8) is 0 Å². The standard InChI is InChI=1S/C12H11BrFNS/c13-11-2-1-10(14)7-12(11)15-5-3-9-4-6-16-8-9/h1-2,4,6-8,15H,3,5H2. The van der Waals surface area contributed by atoms with Gasteiger partial charge in [-0.25, -0.2) is 4.39 Å². The van der Waals surface area contributed by atoms with Gasteiger partial charge in [-0.05, 0) is 62.9 Å². The van der Waals surface area contributed by atoms with Crippen LogP contribution in [0.2, 0.25) is 0 Å². The predicted molar refractivity (Wildman–Crippen MR) is 70.6 cm³/mol. The number of thiophene rings is 1. The summed E-state index contributed by atoms with van der Waals surface area (Å²) < 4.78 is 13.9. The summed E-state index contributed by atoms with van der Waals surface area (Å²) in [6.07, 6.45) is 0.951. The van der Waals surface area contributed by atoms with Gasteiger partial charge in [0.15, 0.2) is 0 Å². The van der Waals surface area contributed by atoms with Gasteiger partial charge in [0.05, 0.1) is 5.69 Å². The quantitative estimate of drug-likeness (QED) is 0.887. The lowest BCUT2D eigenvalue weighted by atomic mass is 10.2. The molecule has 1 aromatic carbocycles. The largest absolute Gasteiger partial charge is 0.384 e. The Kier molecular flexibility index (Phi) is 3.96. The van der Waals surface area contributed by atoms with Crippen molar-refractivity contribution in [3.05, 3.63) is 50.9 Å². The first kappa shape index (κ1) is 11.6. The fourth-order valence-electron chi connectivity index (χ4n) is 1.41. The van der Waals surface area contributed by atoms with Gasteiger partial charge in [0.1, 0.15) is 5.82 Å². The Bertz CT molecular complexity index is 456. The van der Waals surface area contributed by atoms with Crippen LogP contribution in [0.5, 0.6) is 0 Å². The van der Waals surface area contributed by atoms with Crippen LogP contribution in [-0.2, 0) is 6.42 Å². The molecule has 0 aliphatic carbocycles. The monoisotopic (exact) mass is 299 g/mol. The fourth-order valence-corrected chi connectivity index (χ4v) is 2.50. The number of anilines is 1. The second kappa shape index (κ2) is 5.46. The summed E-state index contributed by atoms with van der Waals surface area (Å²) in [5.41, 5.74) is 2.11. The summed E-state index contributed by atoms with van der Waals surface area (Å²) in [5.74, 6) is -0.221. The van der Waals surface area contributed by atoms with Crippen molar-refractivity contribution in [2.75, 3.05) is 11.9 Å². The van der Waals surface area contributed by atoms with Crippen LogP contribution in [0.25, 0.3) is 0 Å². The van der Waals surface area contributed by atoms with Crippen LogP contribution in [0.1, 0.15) is 5.56 Å². The van der Waals surface area contributed by atoms with Crippen LogP contribution in [0.3, 0.4) is 0 Å². The second-order valence-corrected chi connectivity index (χ2v) is 5.07. The number of hydrogen-bond acceptors (Lipinski definition) is 2. The summed E-state index contributed by atoms with van der Waals surface area (Å²) in [5, 5.41) is 7.40. The molecule has 0 radical (unpaired) electrons. The molecule has 0 unspecified atom stereocenters. The third-order valence-corrected chi connectivity index (χ3v) is 3.66. The number of rotatable bonds is 4. The van der Waals surface area contributed by atoms with Gasteiger partial charge in [-0.1, -0.05) is 0 Å². The molecule has 16 heavy (non-hydrogen) atoms. The number of halogens is 2. The highest BCUT2D eigenvalue weighted by molar-refractivity contribution is 9.10. The van der Waals surface area contributed by atoms with E-state index in [1.165, 1.54) is 17.7 Å². The summed E-state index contributed by atoms with van der Waals surface area (Å²) in [6, 6.07) is 6.75. The van der Waals surface area contributed by atoms with Crippen molar-refractivity contribution >= 4 is 33.0 Å². The molecule has 0 atom stereocenters. The molecule has 4 heteroatoms. The molecule has 1 N–H and O–H groups in total. The first-order valence-corrected chi connectivity index (χ1v) is 6.69. The predicted octanol–water partition coefficient (Wildman–Crippen LogP) is 4.30. The molecule has 0 aliphatic heterocycles. The number of benzene rings is 1. The lowest BCUT2D eigenvalue weighted by Crippen LogP contribution is -2.04. The Hall–Kier alpha value is -0.870. The minimum Gasteiger partial charge on any atom is -0.384 e. The van der Waals surface area contributed by atoms with Crippen molar-refractivity contribution in [1.82, 2.24) is 0 Å². The van der Waals surface area contributed by atoms with E-state index in [1.54, 1.807) is 17.4 Å². The molecule has 0 spiro atoms. The maximum absolute atomic E-state index is 13.0. The molecule has 0 amide bonds. The smallest absolute Gasteiger partial charge is 0.125 e. The van der Waals surface area contributed by atoms with Gasteiger partial charge in [-0.3, -0.25) is 0 Å². The Balaban J connectivity index is 1.92.